The molecule has 1 N–H and O–H groups in total. The van der Waals surface area contributed by atoms with E-state index in [2.05, 4.69) is 37.4 Å². The van der Waals surface area contributed by atoms with E-state index in [0.29, 0.717) is 5.92 Å². The van der Waals surface area contributed by atoms with Crippen molar-refractivity contribution in [3.05, 3.63) is 34.9 Å². The molecule has 0 saturated heterocycles. The third-order valence-electron chi connectivity index (χ3n) is 3.59. The molecular weight excluding hydrogens is 198 g/mol. The lowest BCUT2D eigenvalue weighted by Crippen LogP contribution is -2.16. The third kappa shape index (κ3) is 1.73. The van der Waals surface area contributed by atoms with Crippen LogP contribution < -0.4 is 5.32 Å². The molecule has 1 unspecified atom stereocenters. The van der Waals surface area contributed by atoms with Crippen LogP contribution >= 0.6 is 0 Å². The average molecular weight is 217 g/mol. The van der Waals surface area contributed by atoms with Gasteiger partial charge in [-0.05, 0) is 42.9 Å². The van der Waals surface area contributed by atoms with Crippen molar-refractivity contribution < 1.29 is 4.79 Å². The predicted octanol–water partition coefficient (Wildman–Crippen LogP) is 3.39. The van der Waals surface area contributed by atoms with Crippen molar-refractivity contribution in [2.45, 2.75) is 45.6 Å². The summed E-state index contributed by atoms with van der Waals surface area (Å²) in [6.07, 6.45) is 2.26. The minimum Gasteiger partial charge on any atom is -0.345 e. The van der Waals surface area contributed by atoms with E-state index in [4.69, 9.17) is 0 Å². The Morgan fingerprint density at radius 3 is 2.62 bits per heavy atom. The van der Waals surface area contributed by atoms with E-state index in [9.17, 15) is 4.79 Å². The van der Waals surface area contributed by atoms with Gasteiger partial charge in [-0.15, -0.1) is 0 Å². The molecule has 1 aromatic carbocycles. The van der Waals surface area contributed by atoms with Crippen LogP contribution in [-0.4, -0.2) is 5.91 Å². The summed E-state index contributed by atoms with van der Waals surface area (Å²) in [7, 11) is 0. The van der Waals surface area contributed by atoms with E-state index in [-0.39, 0.29) is 11.9 Å². The van der Waals surface area contributed by atoms with E-state index >= 15 is 0 Å². The maximum atomic E-state index is 11.7. The van der Waals surface area contributed by atoms with Crippen molar-refractivity contribution in [1.82, 2.24) is 5.32 Å². The van der Waals surface area contributed by atoms with E-state index in [1.807, 2.05) is 6.92 Å². The summed E-state index contributed by atoms with van der Waals surface area (Å²) in [5.74, 6) is 0.657. The van der Waals surface area contributed by atoms with Gasteiger partial charge in [-0.25, -0.2) is 0 Å². The van der Waals surface area contributed by atoms with Crippen molar-refractivity contribution in [2.24, 2.45) is 0 Å². The Hall–Kier alpha value is -1.31. The van der Waals surface area contributed by atoms with Crippen LogP contribution in [0.15, 0.2) is 18.2 Å². The lowest BCUT2D eigenvalue weighted by molar-refractivity contribution is 0.0958. The molecule has 1 atom stereocenters. The Kier molecular flexibility index (Phi) is 2.99. The summed E-state index contributed by atoms with van der Waals surface area (Å²) in [5, 5.41) is 2.95. The molecule has 1 aromatic rings. The Morgan fingerprint density at radius 2 is 2.00 bits per heavy atom. The number of nitrogens with one attached hydrogen (secondary N) is 1. The maximum absolute atomic E-state index is 11.7. The van der Waals surface area contributed by atoms with Crippen molar-refractivity contribution >= 4 is 5.91 Å². The Labute approximate surface area is 97.1 Å². The fraction of sp³-hybridized carbons (Fsp3) is 0.500. The van der Waals surface area contributed by atoms with Crippen LogP contribution in [0.25, 0.3) is 0 Å². The summed E-state index contributed by atoms with van der Waals surface area (Å²) in [6, 6.07) is 6.52. The summed E-state index contributed by atoms with van der Waals surface area (Å²) < 4.78 is 0. The van der Waals surface area contributed by atoms with Crippen LogP contribution in [0.4, 0.5) is 0 Å². The van der Waals surface area contributed by atoms with Gasteiger partial charge in [0.05, 0.1) is 6.04 Å². The van der Waals surface area contributed by atoms with Gasteiger partial charge in [-0.2, -0.15) is 0 Å². The monoisotopic (exact) mass is 217 g/mol. The molecule has 0 radical (unpaired) electrons. The zero-order valence-corrected chi connectivity index (χ0v) is 10.2. The lowest BCUT2D eigenvalue weighted by atomic mass is 9.91. The second-order valence-electron chi connectivity index (χ2n) is 4.56. The zero-order valence-electron chi connectivity index (χ0n) is 10.2. The fourth-order valence-corrected chi connectivity index (χ4v) is 2.51. The summed E-state index contributed by atoms with van der Waals surface area (Å²) in [6.45, 7) is 6.43. The second kappa shape index (κ2) is 4.28. The van der Waals surface area contributed by atoms with Gasteiger partial charge in [0.25, 0.3) is 5.91 Å². The first-order valence-corrected chi connectivity index (χ1v) is 6.12. The van der Waals surface area contributed by atoms with Gasteiger partial charge < -0.3 is 5.32 Å². The van der Waals surface area contributed by atoms with Crippen molar-refractivity contribution in [3.8, 4) is 0 Å². The minimum absolute atomic E-state index is 0.0790. The van der Waals surface area contributed by atoms with Gasteiger partial charge >= 0.3 is 0 Å². The molecule has 2 rings (SSSR count). The Morgan fingerprint density at radius 1 is 1.31 bits per heavy atom. The van der Waals surface area contributed by atoms with Crippen LogP contribution in [0.2, 0.25) is 0 Å². The Balaban J connectivity index is 2.40. The SMILES string of the molecule is CCC(CC)c1ccc2c(c1)C(=O)NC2C. The highest BCUT2D eigenvalue weighted by molar-refractivity contribution is 5.99. The first-order chi connectivity index (χ1) is 7.67. The largest absolute Gasteiger partial charge is 0.345 e. The van der Waals surface area contributed by atoms with Gasteiger partial charge in [0.1, 0.15) is 0 Å². The van der Waals surface area contributed by atoms with E-state index in [0.717, 1.165) is 24.0 Å². The van der Waals surface area contributed by atoms with Gasteiger partial charge in [0.2, 0.25) is 0 Å². The predicted molar refractivity (Wildman–Crippen MR) is 65.6 cm³/mol. The maximum Gasteiger partial charge on any atom is 0.252 e. The molecule has 1 heterocycles. The fourth-order valence-electron chi connectivity index (χ4n) is 2.51. The van der Waals surface area contributed by atoms with Crippen molar-refractivity contribution in [2.75, 3.05) is 0 Å². The molecule has 1 amide bonds. The van der Waals surface area contributed by atoms with Crippen LogP contribution in [0.3, 0.4) is 0 Å². The number of carbonyl (C=O) groups excluding carboxylic acids is 1. The van der Waals surface area contributed by atoms with E-state index in [1.165, 1.54) is 5.56 Å². The van der Waals surface area contributed by atoms with Crippen molar-refractivity contribution in [1.29, 1.82) is 0 Å². The van der Waals surface area contributed by atoms with Gasteiger partial charge in [-0.1, -0.05) is 26.0 Å². The number of hydrogen-bond acceptors (Lipinski definition) is 1. The number of amides is 1. The normalized spacial score (nSPS) is 18.8. The molecule has 2 heteroatoms. The molecule has 86 valence electrons. The molecule has 0 fully saturated rings. The zero-order chi connectivity index (χ0) is 11.7. The molecule has 0 aromatic heterocycles. The standard InChI is InChI=1S/C14H19NO/c1-4-10(5-2)11-6-7-12-9(3)15-14(16)13(12)8-11/h6-10H,4-5H2,1-3H3,(H,15,16). The van der Waals surface area contributed by atoms with Crippen LogP contribution in [0.5, 0.6) is 0 Å². The molecular formula is C14H19NO. The molecule has 1 aliphatic heterocycles. The molecule has 2 nitrogen and oxygen atoms in total. The van der Waals surface area contributed by atoms with Crippen LogP contribution in [0, 0.1) is 0 Å². The number of fused-ring (bicyclic) bond motifs is 1. The molecule has 16 heavy (non-hydrogen) atoms. The molecule has 0 aliphatic carbocycles. The highest BCUT2D eigenvalue weighted by atomic mass is 16.2. The lowest BCUT2D eigenvalue weighted by Gasteiger charge is -2.13. The summed E-state index contributed by atoms with van der Waals surface area (Å²) in [4.78, 5) is 11.7. The number of rotatable bonds is 3. The van der Waals surface area contributed by atoms with Crippen LogP contribution in [-0.2, 0) is 0 Å². The molecule has 0 spiro atoms. The first kappa shape index (κ1) is 11.2. The molecule has 0 saturated carbocycles. The summed E-state index contributed by atoms with van der Waals surface area (Å²) in [5.41, 5.74) is 3.31. The third-order valence-corrected chi connectivity index (χ3v) is 3.59. The Bertz CT molecular complexity index is 407. The second-order valence-corrected chi connectivity index (χ2v) is 4.56. The highest BCUT2D eigenvalue weighted by Gasteiger charge is 2.25. The number of hydrogen-bond donors (Lipinski definition) is 1. The average Bonchev–Trinajstić information content (AvgIpc) is 2.57. The highest BCUT2D eigenvalue weighted by Crippen LogP contribution is 2.30. The topological polar surface area (TPSA) is 29.1 Å². The van der Waals surface area contributed by atoms with Gasteiger partial charge in [0.15, 0.2) is 0 Å². The molecule has 0 bridgehead atoms. The number of benzene rings is 1. The van der Waals surface area contributed by atoms with E-state index < -0.39 is 0 Å². The van der Waals surface area contributed by atoms with Crippen molar-refractivity contribution in [3.63, 3.8) is 0 Å². The quantitative estimate of drug-likeness (QED) is 0.826. The van der Waals surface area contributed by atoms with E-state index in [1.54, 1.807) is 0 Å². The number of carbonyl (C=O) groups is 1. The minimum atomic E-state index is 0.0790. The van der Waals surface area contributed by atoms with Crippen LogP contribution in [0.1, 0.15) is 67.1 Å². The van der Waals surface area contributed by atoms with Gasteiger partial charge in [-0.3, -0.25) is 4.79 Å². The summed E-state index contributed by atoms with van der Waals surface area (Å²) >= 11 is 0. The first-order valence-electron chi connectivity index (χ1n) is 6.12. The smallest absolute Gasteiger partial charge is 0.252 e. The van der Waals surface area contributed by atoms with Gasteiger partial charge in [0, 0.05) is 5.56 Å². The molecule has 1 aliphatic rings.